The van der Waals surface area contributed by atoms with Gasteiger partial charge in [-0.3, -0.25) is 4.79 Å². The summed E-state index contributed by atoms with van der Waals surface area (Å²) in [5.41, 5.74) is -0.195. The lowest BCUT2D eigenvalue weighted by Crippen LogP contribution is -2.08. The van der Waals surface area contributed by atoms with Gasteiger partial charge in [-0.25, -0.2) is 4.98 Å². The Labute approximate surface area is 96.9 Å². The Morgan fingerprint density at radius 1 is 1.57 bits per heavy atom. The average molecular weight is 292 g/mol. The van der Waals surface area contributed by atoms with E-state index in [0.29, 0.717) is 15.3 Å². The first kappa shape index (κ1) is 9.89. The highest BCUT2D eigenvalue weighted by molar-refractivity contribution is 9.10. The fraction of sp³-hybridized carbons (Fsp3) is 0. The first-order valence-electron chi connectivity index (χ1n) is 3.66. The van der Waals surface area contributed by atoms with Crippen molar-refractivity contribution < 1.29 is 0 Å². The van der Waals surface area contributed by atoms with Gasteiger partial charge < -0.3 is 4.98 Å². The van der Waals surface area contributed by atoms with Crippen LogP contribution in [0, 0.1) is 0 Å². The van der Waals surface area contributed by atoms with Crippen LogP contribution in [0.1, 0.15) is 0 Å². The van der Waals surface area contributed by atoms with Crippen LogP contribution in [0.15, 0.2) is 26.9 Å². The van der Waals surface area contributed by atoms with E-state index in [0.717, 1.165) is 4.88 Å². The second-order valence-electron chi connectivity index (χ2n) is 2.54. The van der Waals surface area contributed by atoms with E-state index in [1.54, 1.807) is 11.4 Å². The fourth-order valence-corrected chi connectivity index (χ4v) is 2.17. The van der Waals surface area contributed by atoms with Gasteiger partial charge in [0.05, 0.1) is 9.90 Å². The summed E-state index contributed by atoms with van der Waals surface area (Å²) in [7, 11) is 0. The Bertz CT molecular complexity index is 522. The number of nitrogens with zero attached hydrogens (tertiary/aromatic N) is 1. The minimum absolute atomic E-state index is 0.195. The zero-order valence-corrected chi connectivity index (χ0v) is 9.91. The highest BCUT2D eigenvalue weighted by Gasteiger charge is 2.04. The summed E-state index contributed by atoms with van der Waals surface area (Å²) in [6.45, 7) is 0. The molecule has 3 nitrogen and oxygen atoms in total. The maximum Gasteiger partial charge on any atom is 0.265 e. The third-order valence-electron chi connectivity index (χ3n) is 1.56. The number of thiophene rings is 1. The molecule has 0 aliphatic rings. The molecule has 0 aromatic carbocycles. The SMILES string of the molecule is O=c1[nH]c(-c2cc(Cl)cs2)ncc1Br. The molecule has 0 radical (unpaired) electrons. The molecule has 0 atom stereocenters. The Morgan fingerprint density at radius 3 is 2.93 bits per heavy atom. The van der Waals surface area contributed by atoms with E-state index in [9.17, 15) is 4.79 Å². The molecule has 0 saturated carbocycles. The topological polar surface area (TPSA) is 45.8 Å². The third-order valence-corrected chi connectivity index (χ3v) is 3.41. The minimum atomic E-state index is -0.195. The van der Waals surface area contributed by atoms with Crippen LogP contribution in [0.2, 0.25) is 5.02 Å². The largest absolute Gasteiger partial charge is 0.305 e. The first-order chi connectivity index (χ1) is 6.66. The van der Waals surface area contributed by atoms with Crippen molar-refractivity contribution in [1.29, 1.82) is 0 Å². The van der Waals surface area contributed by atoms with Gasteiger partial charge >= 0.3 is 0 Å². The van der Waals surface area contributed by atoms with Crippen molar-refractivity contribution in [3.05, 3.63) is 37.5 Å². The molecule has 0 saturated heterocycles. The zero-order chi connectivity index (χ0) is 10.1. The lowest BCUT2D eigenvalue weighted by molar-refractivity contribution is 1.12. The van der Waals surface area contributed by atoms with E-state index < -0.39 is 0 Å². The van der Waals surface area contributed by atoms with Crippen molar-refractivity contribution in [3.8, 4) is 10.7 Å². The third kappa shape index (κ3) is 1.89. The Kier molecular flexibility index (Phi) is 2.71. The number of halogens is 2. The highest BCUT2D eigenvalue weighted by Crippen LogP contribution is 2.26. The lowest BCUT2D eigenvalue weighted by atomic mass is 10.4. The smallest absolute Gasteiger partial charge is 0.265 e. The van der Waals surface area contributed by atoms with Crippen molar-refractivity contribution >= 4 is 38.9 Å². The van der Waals surface area contributed by atoms with Gasteiger partial charge in [-0.2, -0.15) is 0 Å². The van der Waals surface area contributed by atoms with Gasteiger partial charge in [0.25, 0.3) is 5.56 Å². The molecular formula is C8H4BrClN2OS. The molecule has 14 heavy (non-hydrogen) atoms. The highest BCUT2D eigenvalue weighted by atomic mass is 79.9. The molecule has 0 aliphatic heterocycles. The summed E-state index contributed by atoms with van der Waals surface area (Å²) in [5.74, 6) is 0.537. The Hall–Kier alpha value is -0.650. The minimum Gasteiger partial charge on any atom is -0.305 e. The summed E-state index contributed by atoms with van der Waals surface area (Å²) in [5, 5.41) is 2.44. The van der Waals surface area contributed by atoms with E-state index in [1.165, 1.54) is 17.5 Å². The standard InChI is InChI=1S/C8H4BrClN2OS/c9-5-2-11-7(12-8(5)13)6-1-4(10)3-14-6/h1-3H,(H,11,12,13). The molecular weight excluding hydrogens is 288 g/mol. The molecule has 2 rings (SSSR count). The van der Waals surface area contributed by atoms with Crippen LogP contribution in [0.5, 0.6) is 0 Å². The van der Waals surface area contributed by atoms with Gasteiger partial charge in [-0.15, -0.1) is 11.3 Å². The number of aromatic amines is 1. The van der Waals surface area contributed by atoms with Crippen LogP contribution in [0.25, 0.3) is 10.7 Å². The van der Waals surface area contributed by atoms with Gasteiger partial charge in [0.2, 0.25) is 0 Å². The van der Waals surface area contributed by atoms with E-state index in [-0.39, 0.29) is 5.56 Å². The summed E-state index contributed by atoms with van der Waals surface area (Å²) >= 11 is 10.3. The number of hydrogen-bond acceptors (Lipinski definition) is 3. The van der Waals surface area contributed by atoms with Gasteiger partial charge in [0.1, 0.15) is 10.3 Å². The normalized spacial score (nSPS) is 10.4. The maximum atomic E-state index is 11.2. The van der Waals surface area contributed by atoms with Crippen molar-refractivity contribution in [2.45, 2.75) is 0 Å². The quantitative estimate of drug-likeness (QED) is 0.878. The predicted octanol–water partition coefficient (Wildman–Crippen LogP) is 2.91. The Morgan fingerprint density at radius 2 is 2.36 bits per heavy atom. The molecule has 2 aromatic rings. The van der Waals surface area contributed by atoms with Crippen LogP contribution < -0.4 is 5.56 Å². The van der Waals surface area contributed by atoms with Crippen molar-refractivity contribution in [3.63, 3.8) is 0 Å². The van der Waals surface area contributed by atoms with Gasteiger partial charge in [0, 0.05) is 11.6 Å². The van der Waals surface area contributed by atoms with Gasteiger partial charge in [-0.05, 0) is 22.0 Å². The van der Waals surface area contributed by atoms with Crippen LogP contribution in [0.3, 0.4) is 0 Å². The Balaban J connectivity index is 2.53. The van der Waals surface area contributed by atoms with Crippen LogP contribution in [-0.4, -0.2) is 9.97 Å². The second-order valence-corrected chi connectivity index (χ2v) is 4.74. The molecule has 0 aliphatic carbocycles. The van der Waals surface area contributed by atoms with Gasteiger partial charge in [-0.1, -0.05) is 11.6 Å². The fourth-order valence-electron chi connectivity index (χ4n) is 0.942. The summed E-state index contributed by atoms with van der Waals surface area (Å²) in [6, 6.07) is 1.76. The first-order valence-corrected chi connectivity index (χ1v) is 5.71. The van der Waals surface area contributed by atoms with Crippen LogP contribution in [-0.2, 0) is 0 Å². The van der Waals surface area contributed by atoms with E-state index in [4.69, 9.17) is 11.6 Å². The second kappa shape index (κ2) is 3.84. The van der Waals surface area contributed by atoms with Crippen LogP contribution in [0.4, 0.5) is 0 Å². The summed E-state index contributed by atoms with van der Waals surface area (Å²) < 4.78 is 0.420. The molecule has 2 aromatic heterocycles. The molecule has 6 heteroatoms. The lowest BCUT2D eigenvalue weighted by Gasteiger charge is -1.95. The molecule has 0 unspecified atom stereocenters. The molecule has 1 N–H and O–H groups in total. The predicted molar refractivity (Wildman–Crippen MR) is 60.9 cm³/mol. The number of hydrogen-bond donors (Lipinski definition) is 1. The van der Waals surface area contributed by atoms with E-state index >= 15 is 0 Å². The van der Waals surface area contributed by atoms with Crippen molar-refractivity contribution in [1.82, 2.24) is 9.97 Å². The number of aromatic nitrogens is 2. The monoisotopic (exact) mass is 290 g/mol. The average Bonchev–Trinajstić information content (AvgIpc) is 2.57. The molecule has 0 amide bonds. The molecule has 2 heterocycles. The van der Waals surface area contributed by atoms with Gasteiger partial charge in [0.15, 0.2) is 0 Å². The van der Waals surface area contributed by atoms with Crippen molar-refractivity contribution in [2.24, 2.45) is 0 Å². The van der Waals surface area contributed by atoms with Crippen molar-refractivity contribution in [2.75, 3.05) is 0 Å². The van der Waals surface area contributed by atoms with E-state index in [1.807, 2.05) is 0 Å². The molecule has 72 valence electrons. The summed E-state index contributed by atoms with van der Waals surface area (Å²) in [4.78, 5) is 18.8. The maximum absolute atomic E-state index is 11.2. The number of nitrogens with one attached hydrogen (secondary N) is 1. The zero-order valence-electron chi connectivity index (χ0n) is 6.75. The molecule has 0 fully saturated rings. The molecule has 0 spiro atoms. The molecule has 0 bridgehead atoms. The number of rotatable bonds is 1. The number of H-pyrrole nitrogens is 1. The summed E-state index contributed by atoms with van der Waals surface area (Å²) in [6.07, 6.45) is 1.47. The van der Waals surface area contributed by atoms with E-state index in [2.05, 4.69) is 25.9 Å². The van der Waals surface area contributed by atoms with Crippen LogP contribution >= 0.6 is 38.9 Å².